The van der Waals surface area contributed by atoms with E-state index in [9.17, 15) is 14.4 Å². The van der Waals surface area contributed by atoms with Crippen LogP contribution in [0.25, 0.3) is 5.52 Å². The summed E-state index contributed by atoms with van der Waals surface area (Å²) in [6, 6.07) is 2.77. The lowest BCUT2D eigenvalue weighted by atomic mass is 10.2. The molecule has 1 fully saturated rings. The molecule has 0 spiro atoms. The molecule has 2 aromatic rings. The van der Waals surface area contributed by atoms with E-state index in [0.717, 1.165) is 0 Å². The molecule has 0 radical (unpaired) electrons. The third-order valence-electron chi connectivity index (χ3n) is 3.07. The fraction of sp³-hybridized carbons (Fsp3) is 0.167. The third kappa shape index (κ3) is 1.87. The van der Waals surface area contributed by atoms with Gasteiger partial charge in [0.05, 0.1) is 11.7 Å². The maximum absolute atomic E-state index is 11.7. The van der Waals surface area contributed by atoms with Crippen molar-refractivity contribution >= 4 is 29.1 Å². The highest BCUT2D eigenvalue weighted by Crippen LogP contribution is 2.20. The molecule has 3 heterocycles. The first-order chi connectivity index (χ1) is 9.56. The van der Waals surface area contributed by atoms with E-state index in [1.165, 1.54) is 21.7 Å². The van der Waals surface area contributed by atoms with Gasteiger partial charge in [-0.05, 0) is 12.1 Å². The Morgan fingerprint density at radius 3 is 2.90 bits per heavy atom. The van der Waals surface area contributed by atoms with Crippen molar-refractivity contribution in [3.8, 4) is 0 Å². The molecule has 2 aromatic heterocycles. The fourth-order valence-corrected chi connectivity index (χ4v) is 2.12. The Labute approximate surface area is 112 Å². The van der Waals surface area contributed by atoms with Crippen molar-refractivity contribution in [2.24, 2.45) is 0 Å². The van der Waals surface area contributed by atoms with Gasteiger partial charge in [-0.15, -0.1) is 0 Å². The molecule has 0 bridgehead atoms. The van der Waals surface area contributed by atoms with Crippen molar-refractivity contribution in [3.63, 3.8) is 0 Å². The Hall–Kier alpha value is -2.90. The Balaban J connectivity index is 1.99. The maximum Gasteiger partial charge on any atom is 0.372 e. The number of hydrogen-bond donors (Lipinski definition) is 2. The standard InChI is InChI=1S/C12H10N4O4/c17-9-2-4-16(12(20)14-9)7-1-3-15-8(5-7)6-13-10(15)11(18)19/h1,3,5-6H,2,4H2,(H,18,19)(H,14,17,20). The highest BCUT2D eigenvalue weighted by atomic mass is 16.4. The van der Waals surface area contributed by atoms with E-state index in [1.54, 1.807) is 12.1 Å². The zero-order valence-electron chi connectivity index (χ0n) is 10.2. The quantitative estimate of drug-likeness (QED) is 0.828. The number of rotatable bonds is 2. The number of carboxylic acid groups (broad SMARTS) is 1. The second-order valence-corrected chi connectivity index (χ2v) is 4.32. The molecule has 102 valence electrons. The molecule has 8 heteroatoms. The largest absolute Gasteiger partial charge is 0.475 e. The lowest BCUT2D eigenvalue weighted by Gasteiger charge is -2.26. The van der Waals surface area contributed by atoms with Crippen LogP contribution in [-0.2, 0) is 4.79 Å². The summed E-state index contributed by atoms with van der Waals surface area (Å²) in [7, 11) is 0. The van der Waals surface area contributed by atoms with Gasteiger partial charge in [-0.1, -0.05) is 0 Å². The zero-order chi connectivity index (χ0) is 14.3. The second-order valence-electron chi connectivity index (χ2n) is 4.32. The number of nitrogens with one attached hydrogen (secondary N) is 1. The number of aromatic carboxylic acids is 1. The van der Waals surface area contributed by atoms with Crippen LogP contribution in [0.3, 0.4) is 0 Å². The van der Waals surface area contributed by atoms with E-state index >= 15 is 0 Å². The SMILES string of the molecule is O=C1CCN(c2ccn3c(C(=O)O)ncc3c2)C(=O)N1. The summed E-state index contributed by atoms with van der Waals surface area (Å²) in [6.07, 6.45) is 3.18. The van der Waals surface area contributed by atoms with Gasteiger partial charge in [0.2, 0.25) is 11.7 Å². The molecular weight excluding hydrogens is 264 g/mol. The van der Waals surface area contributed by atoms with Crippen LogP contribution in [0.1, 0.15) is 17.0 Å². The number of carbonyl (C=O) groups is 3. The molecule has 0 saturated carbocycles. The summed E-state index contributed by atoms with van der Waals surface area (Å²) in [6.45, 7) is 0.292. The van der Waals surface area contributed by atoms with Gasteiger partial charge in [0.1, 0.15) is 0 Å². The van der Waals surface area contributed by atoms with Crippen LogP contribution in [0, 0.1) is 0 Å². The number of imide groups is 1. The van der Waals surface area contributed by atoms with Crippen LogP contribution >= 0.6 is 0 Å². The highest BCUT2D eigenvalue weighted by Gasteiger charge is 2.24. The van der Waals surface area contributed by atoms with E-state index in [0.29, 0.717) is 17.7 Å². The van der Waals surface area contributed by atoms with Crippen molar-refractivity contribution in [1.29, 1.82) is 0 Å². The lowest BCUT2D eigenvalue weighted by molar-refractivity contribution is -0.120. The third-order valence-corrected chi connectivity index (χ3v) is 3.07. The first-order valence-corrected chi connectivity index (χ1v) is 5.88. The van der Waals surface area contributed by atoms with Crippen LogP contribution in [-0.4, -0.2) is 38.9 Å². The van der Waals surface area contributed by atoms with E-state index < -0.39 is 12.0 Å². The van der Waals surface area contributed by atoms with Crippen molar-refractivity contribution in [1.82, 2.24) is 14.7 Å². The zero-order valence-corrected chi connectivity index (χ0v) is 10.2. The van der Waals surface area contributed by atoms with Gasteiger partial charge in [0, 0.05) is 24.8 Å². The van der Waals surface area contributed by atoms with Crippen molar-refractivity contribution in [2.45, 2.75) is 6.42 Å². The van der Waals surface area contributed by atoms with Crippen LogP contribution in [0.2, 0.25) is 0 Å². The predicted molar refractivity (Wildman–Crippen MR) is 67.7 cm³/mol. The van der Waals surface area contributed by atoms with Gasteiger partial charge in [0.25, 0.3) is 0 Å². The number of carbonyl (C=O) groups excluding carboxylic acids is 2. The van der Waals surface area contributed by atoms with Crippen LogP contribution in [0.5, 0.6) is 0 Å². The number of imidazole rings is 1. The summed E-state index contributed by atoms with van der Waals surface area (Å²) in [5, 5.41) is 11.2. The van der Waals surface area contributed by atoms with Crippen molar-refractivity contribution in [3.05, 3.63) is 30.4 Å². The Bertz CT molecular complexity index is 736. The number of nitrogens with zero attached hydrogens (tertiary/aromatic N) is 3. The minimum Gasteiger partial charge on any atom is -0.475 e. The summed E-state index contributed by atoms with van der Waals surface area (Å²) in [5.74, 6) is -1.52. The second kappa shape index (κ2) is 4.34. The van der Waals surface area contributed by atoms with Crippen molar-refractivity contribution < 1.29 is 19.5 Å². The molecule has 3 amide bonds. The Morgan fingerprint density at radius 2 is 2.20 bits per heavy atom. The van der Waals surface area contributed by atoms with Gasteiger partial charge >= 0.3 is 12.0 Å². The molecule has 1 aliphatic rings. The van der Waals surface area contributed by atoms with E-state index in [4.69, 9.17) is 5.11 Å². The first kappa shape index (κ1) is 12.2. The van der Waals surface area contributed by atoms with E-state index in [-0.39, 0.29) is 18.2 Å². The number of aromatic nitrogens is 2. The number of urea groups is 1. The number of carboxylic acids is 1. The number of anilines is 1. The van der Waals surface area contributed by atoms with Gasteiger partial charge in [-0.25, -0.2) is 14.6 Å². The normalized spacial score (nSPS) is 15.5. The minimum atomic E-state index is -1.13. The molecule has 0 atom stereocenters. The topological polar surface area (TPSA) is 104 Å². The summed E-state index contributed by atoms with van der Waals surface area (Å²) in [5.41, 5.74) is 1.14. The number of hydrogen-bond acceptors (Lipinski definition) is 4. The molecule has 0 unspecified atom stereocenters. The summed E-state index contributed by atoms with van der Waals surface area (Å²) < 4.78 is 1.42. The Kier molecular flexibility index (Phi) is 2.63. The number of fused-ring (bicyclic) bond motifs is 1. The number of pyridine rings is 1. The molecule has 3 rings (SSSR count). The molecule has 1 saturated heterocycles. The average molecular weight is 274 g/mol. The van der Waals surface area contributed by atoms with Crippen LogP contribution in [0.4, 0.5) is 10.5 Å². The smallest absolute Gasteiger partial charge is 0.372 e. The molecule has 20 heavy (non-hydrogen) atoms. The van der Waals surface area contributed by atoms with Gasteiger partial charge in [0.15, 0.2) is 0 Å². The molecular formula is C12H10N4O4. The molecule has 0 aromatic carbocycles. The van der Waals surface area contributed by atoms with Crippen LogP contribution in [0.15, 0.2) is 24.5 Å². The molecule has 0 aliphatic carbocycles. The average Bonchev–Trinajstić information content (AvgIpc) is 2.81. The van der Waals surface area contributed by atoms with Gasteiger partial charge in [-0.2, -0.15) is 0 Å². The van der Waals surface area contributed by atoms with Crippen LogP contribution < -0.4 is 10.2 Å². The van der Waals surface area contributed by atoms with Gasteiger partial charge < -0.3 is 5.11 Å². The number of amides is 3. The summed E-state index contributed by atoms with van der Waals surface area (Å²) in [4.78, 5) is 39.0. The molecule has 1 aliphatic heterocycles. The first-order valence-electron chi connectivity index (χ1n) is 5.88. The van der Waals surface area contributed by atoms with Gasteiger partial charge in [-0.3, -0.25) is 19.4 Å². The Morgan fingerprint density at radius 1 is 1.40 bits per heavy atom. The maximum atomic E-state index is 11.7. The minimum absolute atomic E-state index is 0.0928. The fourth-order valence-electron chi connectivity index (χ4n) is 2.12. The highest BCUT2D eigenvalue weighted by molar-refractivity contribution is 6.05. The molecule has 2 N–H and O–H groups in total. The monoisotopic (exact) mass is 274 g/mol. The lowest BCUT2D eigenvalue weighted by Crippen LogP contribution is -2.49. The van der Waals surface area contributed by atoms with E-state index in [1.807, 2.05) is 0 Å². The summed E-state index contributed by atoms with van der Waals surface area (Å²) >= 11 is 0. The van der Waals surface area contributed by atoms with Crippen molar-refractivity contribution in [2.75, 3.05) is 11.4 Å². The molecule has 8 nitrogen and oxygen atoms in total. The predicted octanol–water partition coefficient (Wildman–Crippen LogP) is 0.479. The van der Waals surface area contributed by atoms with E-state index in [2.05, 4.69) is 10.3 Å².